The van der Waals surface area contributed by atoms with Crippen LogP contribution < -0.4 is 10.5 Å². The Morgan fingerprint density at radius 1 is 1.19 bits per heavy atom. The number of anilines is 1. The van der Waals surface area contributed by atoms with Crippen molar-refractivity contribution in [3.05, 3.63) is 34.9 Å². The highest BCUT2D eigenvalue weighted by atomic mass is 16.6. The number of piperazine rings is 1. The number of carbonyl (C=O) groups is 1. The molecular formula is C19H23N5O3. The second kappa shape index (κ2) is 6.29. The highest BCUT2D eigenvalue weighted by Gasteiger charge is 2.26. The largest absolute Gasteiger partial charge is 0.444 e. The fraction of sp³-hybridized carbons (Fsp3) is 0.421. The number of H-pyrrole nitrogens is 2. The van der Waals surface area contributed by atoms with Crippen molar-refractivity contribution in [2.24, 2.45) is 0 Å². The van der Waals surface area contributed by atoms with E-state index in [4.69, 9.17) is 4.74 Å². The van der Waals surface area contributed by atoms with E-state index in [1.54, 1.807) is 4.90 Å². The lowest BCUT2D eigenvalue weighted by Gasteiger charge is -2.36. The Labute approximate surface area is 156 Å². The summed E-state index contributed by atoms with van der Waals surface area (Å²) in [5.41, 5.74) is 1.84. The van der Waals surface area contributed by atoms with Crippen molar-refractivity contribution in [2.75, 3.05) is 31.1 Å². The van der Waals surface area contributed by atoms with Crippen LogP contribution in [0.4, 0.5) is 10.5 Å². The highest BCUT2D eigenvalue weighted by molar-refractivity contribution is 6.06. The lowest BCUT2D eigenvalue weighted by atomic mass is 10.1. The molecule has 0 aliphatic carbocycles. The Kier molecular flexibility index (Phi) is 4.05. The van der Waals surface area contributed by atoms with Crippen LogP contribution in [0.3, 0.4) is 0 Å². The Hall–Kier alpha value is -3.03. The molecule has 1 aromatic carbocycles. The molecule has 1 aliphatic rings. The smallest absolute Gasteiger partial charge is 0.410 e. The summed E-state index contributed by atoms with van der Waals surface area (Å²) in [5, 5.41) is 1.42. The molecule has 0 saturated carbocycles. The van der Waals surface area contributed by atoms with E-state index in [0.717, 1.165) is 16.6 Å². The van der Waals surface area contributed by atoms with Gasteiger partial charge in [0.05, 0.1) is 11.7 Å². The number of nitrogens with one attached hydrogen (secondary N) is 2. The van der Waals surface area contributed by atoms with Crippen LogP contribution in [0.15, 0.2) is 29.3 Å². The minimum absolute atomic E-state index is 0.154. The number of hydrogen-bond acceptors (Lipinski definition) is 5. The fourth-order valence-electron chi connectivity index (χ4n) is 3.39. The molecule has 0 atom stereocenters. The second-order valence-corrected chi connectivity index (χ2v) is 7.76. The van der Waals surface area contributed by atoms with Gasteiger partial charge in [0.15, 0.2) is 0 Å². The molecule has 0 unspecified atom stereocenters. The lowest BCUT2D eigenvalue weighted by Crippen LogP contribution is -2.50. The molecule has 0 spiro atoms. The van der Waals surface area contributed by atoms with Crippen LogP contribution in [-0.2, 0) is 4.74 Å². The van der Waals surface area contributed by atoms with Gasteiger partial charge in [0.25, 0.3) is 5.56 Å². The van der Waals surface area contributed by atoms with Crippen molar-refractivity contribution in [1.29, 1.82) is 0 Å². The topological polar surface area (TPSA) is 94.3 Å². The molecule has 0 radical (unpaired) electrons. The zero-order valence-electron chi connectivity index (χ0n) is 15.7. The van der Waals surface area contributed by atoms with Crippen LogP contribution in [0.5, 0.6) is 0 Å². The summed E-state index contributed by atoms with van der Waals surface area (Å²) in [6.45, 7) is 8.23. The van der Waals surface area contributed by atoms with Gasteiger partial charge in [-0.3, -0.25) is 4.79 Å². The molecule has 2 N–H and O–H groups in total. The molecule has 1 fully saturated rings. The third-order valence-corrected chi connectivity index (χ3v) is 4.68. The number of aromatic amines is 2. The number of nitrogens with zero attached hydrogens (tertiary/aromatic N) is 3. The third-order valence-electron chi connectivity index (χ3n) is 4.68. The quantitative estimate of drug-likeness (QED) is 0.687. The molecule has 8 heteroatoms. The minimum atomic E-state index is -0.490. The zero-order valence-corrected chi connectivity index (χ0v) is 15.7. The number of benzene rings is 1. The van der Waals surface area contributed by atoms with E-state index in [9.17, 15) is 9.59 Å². The number of ether oxygens (including phenoxy) is 1. The van der Waals surface area contributed by atoms with Gasteiger partial charge in [0.2, 0.25) is 0 Å². The van der Waals surface area contributed by atoms with E-state index in [1.165, 1.54) is 6.33 Å². The highest BCUT2D eigenvalue weighted by Crippen LogP contribution is 2.27. The molecular weight excluding hydrogens is 346 g/mol. The average molecular weight is 369 g/mol. The first-order valence-electron chi connectivity index (χ1n) is 9.04. The maximum absolute atomic E-state index is 12.2. The molecule has 3 aromatic rings. The van der Waals surface area contributed by atoms with Crippen LogP contribution in [0.1, 0.15) is 20.8 Å². The van der Waals surface area contributed by atoms with Crippen LogP contribution in [0.25, 0.3) is 21.9 Å². The third kappa shape index (κ3) is 3.34. The van der Waals surface area contributed by atoms with Gasteiger partial charge in [0, 0.05) is 42.8 Å². The molecule has 142 valence electrons. The van der Waals surface area contributed by atoms with Crippen LogP contribution in [0, 0.1) is 0 Å². The van der Waals surface area contributed by atoms with Crippen molar-refractivity contribution in [1.82, 2.24) is 19.9 Å². The summed E-state index contributed by atoms with van der Waals surface area (Å²) in [6, 6.07) is 6.00. The number of hydrogen-bond donors (Lipinski definition) is 2. The van der Waals surface area contributed by atoms with Gasteiger partial charge in [-0.25, -0.2) is 9.78 Å². The normalized spacial score (nSPS) is 15.5. The zero-order chi connectivity index (χ0) is 19.2. The SMILES string of the molecule is CC(C)(C)OC(=O)N1CCN(c2ccc3[nH]c4nc[nH]c(=O)c4c3c2)CC1. The molecule has 3 heterocycles. The van der Waals surface area contributed by atoms with E-state index in [2.05, 4.69) is 19.9 Å². The van der Waals surface area contributed by atoms with Gasteiger partial charge in [-0.1, -0.05) is 0 Å². The minimum Gasteiger partial charge on any atom is -0.444 e. The van der Waals surface area contributed by atoms with Gasteiger partial charge >= 0.3 is 6.09 Å². The first-order chi connectivity index (χ1) is 12.8. The van der Waals surface area contributed by atoms with Crippen molar-refractivity contribution in [2.45, 2.75) is 26.4 Å². The maximum Gasteiger partial charge on any atom is 0.410 e. The monoisotopic (exact) mass is 369 g/mol. The summed E-state index contributed by atoms with van der Waals surface area (Å²) in [6.07, 6.45) is 1.13. The fourth-order valence-corrected chi connectivity index (χ4v) is 3.39. The molecule has 1 amide bonds. The molecule has 1 saturated heterocycles. The molecule has 1 aliphatic heterocycles. The van der Waals surface area contributed by atoms with E-state index >= 15 is 0 Å². The first-order valence-corrected chi connectivity index (χ1v) is 9.04. The van der Waals surface area contributed by atoms with Crippen molar-refractivity contribution in [3.63, 3.8) is 0 Å². The molecule has 4 rings (SSSR count). The number of carbonyl (C=O) groups excluding carboxylic acids is 1. The van der Waals surface area contributed by atoms with E-state index in [0.29, 0.717) is 37.2 Å². The summed E-state index contributed by atoms with van der Waals surface area (Å²) >= 11 is 0. The van der Waals surface area contributed by atoms with Crippen molar-refractivity contribution >= 4 is 33.7 Å². The average Bonchev–Trinajstić information content (AvgIpc) is 2.99. The van der Waals surface area contributed by atoms with Crippen molar-refractivity contribution in [3.8, 4) is 0 Å². The van der Waals surface area contributed by atoms with Gasteiger partial charge in [0.1, 0.15) is 11.2 Å². The van der Waals surface area contributed by atoms with Crippen LogP contribution >= 0.6 is 0 Å². The second-order valence-electron chi connectivity index (χ2n) is 7.76. The standard InChI is InChI=1S/C19H23N5O3/c1-19(2,3)27-18(26)24-8-6-23(7-9-24)12-4-5-14-13(10-12)15-16(22-14)20-11-21-17(15)25/h4-5,10-11H,6-9H2,1-3H3,(H2,20,21,22,25). The number of fused-ring (bicyclic) bond motifs is 3. The summed E-state index contributed by atoms with van der Waals surface area (Å²) < 4.78 is 5.45. The summed E-state index contributed by atoms with van der Waals surface area (Å²) in [5.74, 6) is 0. The molecule has 2 aromatic heterocycles. The Bertz CT molecular complexity index is 1050. The van der Waals surface area contributed by atoms with Gasteiger partial charge in [-0.15, -0.1) is 0 Å². The predicted molar refractivity (Wildman–Crippen MR) is 104 cm³/mol. The van der Waals surface area contributed by atoms with E-state index < -0.39 is 5.60 Å². The Morgan fingerprint density at radius 3 is 2.63 bits per heavy atom. The summed E-state index contributed by atoms with van der Waals surface area (Å²) in [4.78, 5) is 38.4. The molecule has 27 heavy (non-hydrogen) atoms. The van der Waals surface area contributed by atoms with Crippen LogP contribution in [0.2, 0.25) is 0 Å². The number of aromatic nitrogens is 3. The van der Waals surface area contributed by atoms with E-state index in [1.807, 2.05) is 39.0 Å². The van der Waals surface area contributed by atoms with Gasteiger partial charge in [-0.05, 0) is 39.0 Å². The van der Waals surface area contributed by atoms with Gasteiger partial charge < -0.3 is 24.5 Å². The summed E-state index contributed by atoms with van der Waals surface area (Å²) in [7, 11) is 0. The van der Waals surface area contributed by atoms with Crippen molar-refractivity contribution < 1.29 is 9.53 Å². The Morgan fingerprint density at radius 2 is 1.93 bits per heavy atom. The molecule has 0 bridgehead atoms. The van der Waals surface area contributed by atoms with E-state index in [-0.39, 0.29) is 11.7 Å². The number of rotatable bonds is 1. The first kappa shape index (κ1) is 17.4. The Balaban J connectivity index is 1.55. The lowest BCUT2D eigenvalue weighted by molar-refractivity contribution is 0.0240. The predicted octanol–water partition coefficient (Wildman–Crippen LogP) is 2.46. The molecule has 8 nitrogen and oxygen atoms in total. The van der Waals surface area contributed by atoms with Gasteiger partial charge in [-0.2, -0.15) is 0 Å². The van der Waals surface area contributed by atoms with Crippen LogP contribution in [-0.4, -0.2) is 57.7 Å². The maximum atomic E-state index is 12.2. The number of amides is 1.